The maximum absolute atomic E-state index is 10.2. The molecular formula is C18H27N3O3. The van der Waals surface area contributed by atoms with Crippen LogP contribution >= 0.6 is 0 Å². The SMILES string of the molecule is CN(CCN1CCOCC1)CC(O)COc1cccc2[nH]ccc12. The Morgan fingerprint density at radius 1 is 1.33 bits per heavy atom. The first kappa shape index (κ1) is 17.2. The number of benzene rings is 1. The molecular weight excluding hydrogens is 306 g/mol. The van der Waals surface area contributed by atoms with Crippen molar-refractivity contribution in [1.29, 1.82) is 0 Å². The molecule has 2 aromatic rings. The molecule has 0 bridgehead atoms. The summed E-state index contributed by atoms with van der Waals surface area (Å²) in [5.74, 6) is 0.809. The maximum Gasteiger partial charge on any atom is 0.128 e. The van der Waals surface area contributed by atoms with E-state index in [9.17, 15) is 5.11 Å². The Morgan fingerprint density at radius 2 is 2.17 bits per heavy atom. The fourth-order valence-electron chi connectivity index (χ4n) is 3.01. The highest BCUT2D eigenvalue weighted by atomic mass is 16.5. The molecule has 6 nitrogen and oxygen atoms in total. The summed E-state index contributed by atoms with van der Waals surface area (Å²) < 4.78 is 11.2. The van der Waals surface area contributed by atoms with Crippen LogP contribution in [0.2, 0.25) is 0 Å². The van der Waals surface area contributed by atoms with E-state index in [4.69, 9.17) is 9.47 Å². The summed E-state index contributed by atoms with van der Waals surface area (Å²) in [6, 6.07) is 7.89. The van der Waals surface area contributed by atoms with Crippen molar-refractivity contribution in [2.24, 2.45) is 0 Å². The van der Waals surface area contributed by atoms with E-state index in [0.717, 1.165) is 56.0 Å². The Morgan fingerprint density at radius 3 is 3.00 bits per heavy atom. The van der Waals surface area contributed by atoms with Gasteiger partial charge >= 0.3 is 0 Å². The molecule has 1 aliphatic heterocycles. The second kappa shape index (κ2) is 8.48. The molecule has 0 saturated carbocycles. The average Bonchev–Trinajstić information content (AvgIpc) is 3.08. The highest BCUT2D eigenvalue weighted by Crippen LogP contribution is 2.24. The van der Waals surface area contributed by atoms with Gasteiger partial charge in [0, 0.05) is 49.8 Å². The van der Waals surface area contributed by atoms with Crippen LogP contribution in [0.4, 0.5) is 0 Å². The predicted octanol–water partition coefficient (Wildman–Crippen LogP) is 1.17. The van der Waals surface area contributed by atoms with Crippen molar-refractivity contribution in [2.45, 2.75) is 6.10 Å². The number of aliphatic hydroxyl groups is 1. The Balaban J connectivity index is 1.40. The summed E-state index contributed by atoms with van der Waals surface area (Å²) in [5, 5.41) is 11.3. The topological polar surface area (TPSA) is 61.0 Å². The van der Waals surface area contributed by atoms with Gasteiger partial charge in [0.15, 0.2) is 0 Å². The summed E-state index contributed by atoms with van der Waals surface area (Å²) in [7, 11) is 2.04. The zero-order valence-electron chi connectivity index (χ0n) is 14.3. The molecule has 2 heterocycles. The van der Waals surface area contributed by atoms with Gasteiger partial charge in [0.05, 0.1) is 13.2 Å². The molecule has 6 heteroatoms. The lowest BCUT2D eigenvalue weighted by atomic mass is 10.2. The summed E-state index contributed by atoms with van der Waals surface area (Å²) in [5.41, 5.74) is 1.05. The van der Waals surface area contributed by atoms with E-state index in [0.29, 0.717) is 13.2 Å². The van der Waals surface area contributed by atoms with Crippen molar-refractivity contribution in [3.8, 4) is 5.75 Å². The van der Waals surface area contributed by atoms with Gasteiger partial charge in [-0.3, -0.25) is 4.90 Å². The van der Waals surface area contributed by atoms with Crippen LogP contribution in [0.1, 0.15) is 0 Å². The van der Waals surface area contributed by atoms with Crippen LogP contribution in [0, 0.1) is 0 Å². The zero-order valence-corrected chi connectivity index (χ0v) is 14.3. The van der Waals surface area contributed by atoms with Crippen LogP contribution in [-0.2, 0) is 4.74 Å². The van der Waals surface area contributed by atoms with Gasteiger partial charge in [0.1, 0.15) is 18.5 Å². The van der Waals surface area contributed by atoms with Crippen LogP contribution in [0.25, 0.3) is 10.9 Å². The second-order valence-electron chi connectivity index (χ2n) is 6.38. The molecule has 1 aromatic carbocycles. The van der Waals surface area contributed by atoms with Gasteiger partial charge in [-0.15, -0.1) is 0 Å². The van der Waals surface area contributed by atoms with Gasteiger partial charge in [0.2, 0.25) is 0 Å². The van der Waals surface area contributed by atoms with E-state index in [1.807, 2.05) is 37.5 Å². The second-order valence-corrected chi connectivity index (χ2v) is 6.38. The van der Waals surface area contributed by atoms with Gasteiger partial charge in [-0.25, -0.2) is 0 Å². The van der Waals surface area contributed by atoms with Gasteiger partial charge in [0.25, 0.3) is 0 Å². The average molecular weight is 333 g/mol. The van der Waals surface area contributed by atoms with Crippen molar-refractivity contribution >= 4 is 10.9 Å². The molecule has 0 aliphatic carbocycles. The number of hydrogen-bond donors (Lipinski definition) is 2. The first-order valence-corrected chi connectivity index (χ1v) is 8.58. The lowest BCUT2D eigenvalue weighted by Gasteiger charge is -2.29. The molecule has 1 fully saturated rings. The first-order chi connectivity index (χ1) is 11.7. The number of morpholine rings is 1. The van der Waals surface area contributed by atoms with Crippen molar-refractivity contribution in [1.82, 2.24) is 14.8 Å². The molecule has 0 spiro atoms. The third-order valence-corrected chi connectivity index (χ3v) is 4.41. The van der Waals surface area contributed by atoms with Crippen LogP contribution < -0.4 is 4.74 Å². The maximum atomic E-state index is 10.2. The smallest absolute Gasteiger partial charge is 0.128 e. The number of aromatic amines is 1. The van der Waals surface area contributed by atoms with E-state index in [1.54, 1.807) is 0 Å². The Labute approximate surface area is 143 Å². The van der Waals surface area contributed by atoms with Crippen LogP contribution in [0.5, 0.6) is 5.75 Å². The fraction of sp³-hybridized carbons (Fsp3) is 0.556. The number of ether oxygens (including phenoxy) is 2. The fourth-order valence-corrected chi connectivity index (χ4v) is 3.01. The molecule has 132 valence electrons. The summed E-state index contributed by atoms with van der Waals surface area (Å²) in [6.45, 7) is 6.50. The normalized spacial score (nSPS) is 17.5. The van der Waals surface area contributed by atoms with E-state index in [2.05, 4.69) is 14.8 Å². The highest BCUT2D eigenvalue weighted by Gasteiger charge is 2.13. The lowest BCUT2D eigenvalue weighted by Crippen LogP contribution is -2.42. The van der Waals surface area contributed by atoms with Crippen LogP contribution in [0.15, 0.2) is 30.5 Å². The zero-order chi connectivity index (χ0) is 16.8. The molecule has 1 atom stereocenters. The Hall–Kier alpha value is -1.60. The third kappa shape index (κ3) is 4.70. The van der Waals surface area contributed by atoms with Crippen molar-refractivity contribution in [3.63, 3.8) is 0 Å². The summed E-state index contributed by atoms with van der Waals surface area (Å²) in [4.78, 5) is 7.71. The van der Waals surface area contributed by atoms with Crippen molar-refractivity contribution < 1.29 is 14.6 Å². The number of aromatic nitrogens is 1. The van der Waals surface area contributed by atoms with Gasteiger partial charge in [-0.1, -0.05) is 6.07 Å². The number of likely N-dealkylation sites (N-methyl/N-ethyl adjacent to an activating group) is 1. The monoisotopic (exact) mass is 333 g/mol. The molecule has 1 aromatic heterocycles. The van der Waals surface area contributed by atoms with E-state index < -0.39 is 6.10 Å². The molecule has 1 aliphatic rings. The number of nitrogens with one attached hydrogen (secondary N) is 1. The number of hydrogen-bond acceptors (Lipinski definition) is 5. The standard InChI is InChI=1S/C18H27N3O3/c1-20(7-8-21-9-11-23-12-10-21)13-15(22)14-24-18-4-2-3-17-16(18)5-6-19-17/h2-6,15,19,22H,7-14H2,1H3. The number of rotatable bonds is 8. The number of aliphatic hydroxyl groups excluding tert-OH is 1. The first-order valence-electron chi connectivity index (χ1n) is 8.58. The van der Waals surface area contributed by atoms with Crippen LogP contribution in [0.3, 0.4) is 0 Å². The molecule has 1 saturated heterocycles. The summed E-state index contributed by atoms with van der Waals surface area (Å²) in [6.07, 6.45) is 1.39. The highest BCUT2D eigenvalue weighted by molar-refractivity contribution is 5.85. The van der Waals surface area contributed by atoms with Crippen LogP contribution in [-0.4, -0.2) is 85.6 Å². The predicted molar refractivity (Wildman–Crippen MR) is 94.6 cm³/mol. The Kier molecular flexibility index (Phi) is 6.09. The molecule has 0 amide bonds. The molecule has 2 N–H and O–H groups in total. The van der Waals surface area contributed by atoms with Gasteiger partial charge in [-0.2, -0.15) is 0 Å². The van der Waals surface area contributed by atoms with E-state index in [-0.39, 0.29) is 0 Å². The summed E-state index contributed by atoms with van der Waals surface area (Å²) >= 11 is 0. The number of H-pyrrole nitrogens is 1. The minimum Gasteiger partial charge on any atom is -0.490 e. The van der Waals surface area contributed by atoms with Crippen molar-refractivity contribution in [2.75, 3.05) is 59.6 Å². The minimum absolute atomic E-state index is 0.298. The molecule has 3 rings (SSSR count). The lowest BCUT2D eigenvalue weighted by molar-refractivity contribution is 0.0297. The quantitative estimate of drug-likeness (QED) is 0.759. The largest absolute Gasteiger partial charge is 0.490 e. The molecule has 24 heavy (non-hydrogen) atoms. The molecule has 0 radical (unpaired) electrons. The minimum atomic E-state index is -0.506. The molecule has 1 unspecified atom stereocenters. The number of nitrogens with zero attached hydrogens (tertiary/aromatic N) is 2. The number of fused-ring (bicyclic) bond motifs is 1. The third-order valence-electron chi connectivity index (χ3n) is 4.41. The van der Waals surface area contributed by atoms with E-state index in [1.165, 1.54) is 0 Å². The van der Waals surface area contributed by atoms with Gasteiger partial charge in [-0.05, 0) is 25.2 Å². The van der Waals surface area contributed by atoms with Crippen molar-refractivity contribution in [3.05, 3.63) is 30.5 Å². The van der Waals surface area contributed by atoms with Gasteiger partial charge < -0.3 is 24.5 Å². The van der Waals surface area contributed by atoms with E-state index >= 15 is 0 Å². The Bertz CT molecular complexity index is 625.